The van der Waals surface area contributed by atoms with Gasteiger partial charge in [0, 0.05) is 50.1 Å². The molecule has 204 valence electrons. The van der Waals surface area contributed by atoms with Crippen LogP contribution < -0.4 is 10.6 Å². The smallest absolute Gasteiger partial charge is 0.249 e. The molecule has 37 heavy (non-hydrogen) atoms. The lowest BCUT2D eigenvalue weighted by molar-refractivity contribution is -0.140. The number of nitrogens with two attached hydrogens (primary N) is 1. The number of primary amides is 1. The highest BCUT2D eigenvalue weighted by molar-refractivity contribution is 5.99. The molecule has 1 aromatic rings. The summed E-state index contributed by atoms with van der Waals surface area (Å²) in [6.07, 6.45) is -0.818. The van der Waals surface area contributed by atoms with Gasteiger partial charge in [-0.3, -0.25) is 19.3 Å². The van der Waals surface area contributed by atoms with E-state index in [0.717, 1.165) is 31.9 Å². The van der Waals surface area contributed by atoms with Gasteiger partial charge in [-0.15, -0.1) is 0 Å². The number of anilines is 1. The number of ketones is 1. The van der Waals surface area contributed by atoms with Crippen LogP contribution in [-0.2, 0) is 19.1 Å². The minimum Gasteiger partial charge on any atom is -0.374 e. The van der Waals surface area contributed by atoms with E-state index in [1.807, 2.05) is 39.8 Å². The third kappa shape index (κ3) is 5.40. The zero-order valence-electron chi connectivity index (χ0n) is 23.0. The minimum atomic E-state index is -0.679. The highest BCUT2D eigenvalue weighted by Gasteiger charge is 2.54. The Kier molecular flexibility index (Phi) is 7.97. The Morgan fingerprint density at radius 3 is 2.41 bits per heavy atom. The zero-order chi connectivity index (χ0) is 27.1. The third-order valence-electron chi connectivity index (χ3n) is 7.94. The first kappa shape index (κ1) is 27.5. The van der Waals surface area contributed by atoms with Crippen molar-refractivity contribution >= 4 is 23.3 Å². The average molecular weight is 515 g/mol. The van der Waals surface area contributed by atoms with Gasteiger partial charge in [-0.1, -0.05) is 20.8 Å². The maximum atomic E-state index is 14.3. The number of rotatable bonds is 7. The Bertz CT molecular complexity index is 1030. The second-order valence-electron chi connectivity index (χ2n) is 11.7. The van der Waals surface area contributed by atoms with Crippen LogP contribution in [0.5, 0.6) is 0 Å². The molecule has 2 amide bonds. The molecule has 3 saturated heterocycles. The number of ether oxygens (including phenoxy) is 2. The highest BCUT2D eigenvalue weighted by atomic mass is 16.6. The molecule has 3 heterocycles. The van der Waals surface area contributed by atoms with Gasteiger partial charge in [-0.2, -0.15) is 0 Å². The first-order valence-corrected chi connectivity index (χ1v) is 13.4. The van der Waals surface area contributed by atoms with Crippen molar-refractivity contribution in [3.8, 4) is 0 Å². The van der Waals surface area contributed by atoms with Crippen molar-refractivity contribution in [3.63, 3.8) is 0 Å². The van der Waals surface area contributed by atoms with Crippen LogP contribution in [-0.4, -0.2) is 97.6 Å². The second-order valence-corrected chi connectivity index (χ2v) is 11.7. The van der Waals surface area contributed by atoms with Crippen LogP contribution in [0.15, 0.2) is 18.2 Å². The second kappa shape index (κ2) is 10.7. The average Bonchev–Trinajstić information content (AvgIpc) is 3.39. The fraction of sp³-hybridized carbons (Fsp3) is 0.679. The lowest BCUT2D eigenvalue weighted by atomic mass is 9.73. The molecule has 0 unspecified atom stereocenters. The quantitative estimate of drug-likeness (QED) is 0.594. The number of carbonyl (C=O) groups excluding carboxylic acids is 3. The molecule has 0 aliphatic carbocycles. The van der Waals surface area contributed by atoms with Gasteiger partial charge in [0.2, 0.25) is 11.8 Å². The number of nitrogens with zero attached hydrogens (tertiary/aromatic N) is 3. The van der Waals surface area contributed by atoms with E-state index < -0.39 is 29.4 Å². The van der Waals surface area contributed by atoms with Gasteiger partial charge in [-0.25, -0.2) is 0 Å². The predicted molar refractivity (Wildman–Crippen MR) is 142 cm³/mol. The molecule has 3 fully saturated rings. The van der Waals surface area contributed by atoms with E-state index in [0.29, 0.717) is 23.8 Å². The van der Waals surface area contributed by atoms with Crippen LogP contribution in [0.25, 0.3) is 0 Å². The molecular weight excluding hydrogens is 472 g/mol. The first-order chi connectivity index (χ1) is 17.4. The summed E-state index contributed by atoms with van der Waals surface area (Å²) >= 11 is 0. The SMILES string of the molecule is CCO[C@H]1CN(C(=O)[C@H](c2cc(N3CCN(C(C)C)CC3)ccc2C(N)=O)C(C)(C)C)[C@@H]2C(=O)CO[C@H]12. The van der Waals surface area contributed by atoms with E-state index in [4.69, 9.17) is 15.2 Å². The molecular formula is C28H42N4O5. The molecule has 0 radical (unpaired) electrons. The van der Waals surface area contributed by atoms with Crippen molar-refractivity contribution < 1.29 is 23.9 Å². The van der Waals surface area contributed by atoms with Gasteiger partial charge < -0.3 is 25.0 Å². The Balaban J connectivity index is 1.71. The Hall–Kier alpha value is -2.49. The van der Waals surface area contributed by atoms with Gasteiger partial charge in [0.05, 0.1) is 12.5 Å². The number of amides is 2. The van der Waals surface area contributed by atoms with Crippen molar-refractivity contribution in [2.24, 2.45) is 11.1 Å². The van der Waals surface area contributed by atoms with Crippen molar-refractivity contribution in [1.82, 2.24) is 9.80 Å². The van der Waals surface area contributed by atoms with Gasteiger partial charge in [0.1, 0.15) is 24.9 Å². The first-order valence-electron chi connectivity index (χ1n) is 13.4. The summed E-state index contributed by atoms with van der Waals surface area (Å²) in [5.41, 5.74) is 7.19. The number of carbonyl (C=O) groups is 3. The topological polar surface area (TPSA) is 105 Å². The van der Waals surface area contributed by atoms with Gasteiger partial charge in [0.25, 0.3) is 0 Å². The maximum absolute atomic E-state index is 14.3. The van der Waals surface area contributed by atoms with Gasteiger partial charge in [-0.05, 0) is 49.9 Å². The van der Waals surface area contributed by atoms with Crippen LogP contribution >= 0.6 is 0 Å². The normalized spacial score (nSPS) is 25.6. The molecule has 1 aromatic carbocycles. The van der Waals surface area contributed by atoms with Gasteiger partial charge >= 0.3 is 0 Å². The van der Waals surface area contributed by atoms with Crippen LogP contribution in [0, 0.1) is 5.41 Å². The summed E-state index contributed by atoms with van der Waals surface area (Å²) in [5, 5.41) is 0. The molecule has 4 atom stereocenters. The third-order valence-corrected chi connectivity index (χ3v) is 7.94. The number of piperazine rings is 1. The minimum absolute atomic E-state index is 0.0206. The molecule has 9 nitrogen and oxygen atoms in total. The number of benzene rings is 1. The van der Waals surface area contributed by atoms with E-state index in [-0.39, 0.29) is 30.9 Å². The van der Waals surface area contributed by atoms with Crippen molar-refractivity contribution in [2.45, 2.75) is 71.8 Å². The molecule has 0 bridgehead atoms. The molecule has 9 heteroatoms. The molecule has 3 aliphatic heterocycles. The monoisotopic (exact) mass is 514 g/mol. The van der Waals surface area contributed by atoms with Gasteiger partial charge in [0.15, 0.2) is 5.78 Å². The summed E-state index contributed by atoms with van der Waals surface area (Å²) in [5.74, 6) is -1.56. The summed E-state index contributed by atoms with van der Waals surface area (Å²) in [4.78, 5) is 46.0. The van der Waals surface area contributed by atoms with Crippen LogP contribution in [0.1, 0.15) is 63.4 Å². The van der Waals surface area contributed by atoms with Crippen LogP contribution in [0.2, 0.25) is 0 Å². The lowest BCUT2D eigenvalue weighted by Gasteiger charge is -2.39. The maximum Gasteiger partial charge on any atom is 0.249 e. The van der Waals surface area contributed by atoms with E-state index in [1.54, 1.807) is 11.0 Å². The summed E-state index contributed by atoms with van der Waals surface area (Å²) in [6, 6.07) is 5.44. The van der Waals surface area contributed by atoms with E-state index in [1.165, 1.54) is 0 Å². The van der Waals surface area contributed by atoms with Crippen molar-refractivity contribution in [1.29, 1.82) is 0 Å². The number of Topliss-reactive ketones (excluding diaryl/α,β-unsaturated/α-hetero) is 1. The van der Waals surface area contributed by atoms with Crippen LogP contribution in [0.4, 0.5) is 5.69 Å². The fourth-order valence-corrected chi connectivity index (χ4v) is 6.04. The fourth-order valence-electron chi connectivity index (χ4n) is 6.04. The molecule has 0 spiro atoms. The van der Waals surface area contributed by atoms with Crippen molar-refractivity contribution in [3.05, 3.63) is 29.3 Å². The Morgan fingerprint density at radius 2 is 1.84 bits per heavy atom. The Morgan fingerprint density at radius 1 is 1.16 bits per heavy atom. The zero-order valence-corrected chi connectivity index (χ0v) is 23.0. The number of fused-ring (bicyclic) bond motifs is 1. The molecule has 3 aliphatic rings. The summed E-state index contributed by atoms with van der Waals surface area (Å²) < 4.78 is 11.6. The van der Waals surface area contributed by atoms with E-state index in [2.05, 4.69) is 23.6 Å². The molecule has 4 rings (SSSR count). The molecule has 0 saturated carbocycles. The number of hydrogen-bond acceptors (Lipinski definition) is 7. The van der Waals surface area contributed by atoms with Crippen molar-refractivity contribution in [2.75, 3.05) is 50.8 Å². The molecule has 0 aromatic heterocycles. The van der Waals surface area contributed by atoms with E-state index in [9.17, 15) is 14.4 Å². The summed E-state index contributed by atoms with van der Waals surface area (Å²) in [6.45, 7) is 16.6. The highest BCUT2D eigenvalue weighted by Crippen LogP contribution is 2.42. The summed E-state index contributed by atoms with van der Waals surface area (Å²) in [7, 11) is 0. The standard InChI is InChI=1S/C28H42N4O5/c1-7-36-22-15-32(24-21(33)16-37-25(22)24)27(35)23(28(4,5)6)20-14-18(8-9-19(20)26(29)34)31-12-10-30(11-13-31)17(2)3/h8-9,14,17,22-25H,7,10-13,15-16H2,1-6H3,(H2,29,34)/t22-,23-,24+,25+/m0/s1. The number of likely N-dealkylation sites (tertiary alicyclic amines) is 1. The molecule has 2 N–H and O–H groups in total. The van der Waals surface area contributed by atoms with Crippen LogP contribution in [0.3, 0.4) is 0 Å². The number of hydrogen-bond donors (Lipinski definition) is 1. The lowest BCUT2D eigenvalue weighted by Crippen LogP contribution is -2.49. The largest absolute Gasteiger partial charge is 0.374 e. The predicted octanol–water partition coefficient (Wildman–Crippen LogP) is 2.03. The van der Waals surface area contributed by atoms with E-state index >= 15 is 0 Å². The Labute approximate surface area is 220 Å².